The molecule has 0 bridgehead atoms. The molecule has 1 aliphatic heterocycles. The van der Waals surface area contributed by atoms with Crippen LogP contribution in [0, 0.1) is 0 Å². The van der Waals surface area contributed by atoms with Crippen LogP contribution in [0.2, 0.25) is 0 Å². The van der Waals surface area contributed by atoms with Gasteiger partial charge in [0.1, 0.15) is 0 Å². The van der Waals surface area contributed by atoms with E-state index in [2.05, 4.69) is 39.5 Å². The van der Waals surface area contributed by atoms with Crippen molar-refractivity contribution in [2.24, 2.45) is 4.99 Å². The summed E-state index contributed by atoms with van der Waals surface area (Å²) in [6.07, 6.45) is 3.95. The summed E-state index contributed by atoms with van der Waals surface area (Å²) in [5.41, 5.74) is 6.47. The van der Waals surface area contributed by atoms with Gasteiger partial charge in [-0.2, -0.15) is 0 Å². The number of anilines is 1. The second kappa shape index (κ2) is 9.51. The third-order valence-electron chi connectivity index (χ3n) is 6.38. The number of likely N-dealkylation sites (tertiary alicyclic amines) is 1. The van der Waals surface area contributed by atoms with Gasteiger partial charge >= 0.3 is 0 Å². The van der Waals surface area contributed by atoms with Gasteiger partial charge in [-0.15, -0.1) is 0 Å². The van der Waals surface area contributed by atoms with Crippen molar-refractivity contribution in [3.8, 4) is 5.88 Å². The summed E-state index contributed by atoms with van der Waals surface area (Å²) in [5.74, 6) is 0.127. The Morgan fingerprint density at radius 2 is 1.73 bits per heavy atom. The van der Waals surface area contributed by atoms with Crippen molar-refractivity contribution in [2.75, 3.05) is 25.5 Å². The summed E-state index contributed by atoms with van der Waals surface area (Å²) in [6, 6.07) is 24.6. The molecule has 0 aliphatic carbocycles. The fourth-order valence-corrected chi connectivity index (χ4v) is 4.62. The molecule has 0 radical (unpaired) electrons. The number of hydrogen-bond donors (Lipinski definition) is 3. The van der Waals surface area contributed by atoms with Gasteiger partial charge in [-0.25, -0.2) is 4.99 Å². The summed E-state index contributed by atoms with van der Waals surface area (Å²) in [6.45, 7) is 3.37. The topological polar surface area (TPSA) is 63.6 Å². The molecule has 0 saturated carbocycles. The predicted octanol–water partition coefficient (Wildman–Crippen LogP) is 6.07. The van der Waals surface area contributed by atoms with Crippen LogP contribution in [0.1, 0.15) is 36.0 Å². The van der Waals surface area contributed by atoms with Crippen molar-refractivity contribution in [1.29, 1.82) is 0 Å². The van der Waals surface area contributed by atoms with Gasteiger partial charge < -0.3 is 15.4 Å². The van der Waals surface area contributed by atoms with Crippen LogP contribution in [0.25, 0.3) is 10.9 Å². The molecule has 168 valence electrons. The number of nitrogens with one attached hydrogen (secondary N) is 2. The van der Waals surface area contributed by atoms with Crippen LogP contribution in [-0.2, 0) is 6.54 Å². The summed E-state index contributed by atoms with van der Waals surface area (Å²) >= 11 is 0. The third-order valence-corrected chi connectivity index (χ3v) is 6.38. The molecule has 0 spiro atoms. The SMILES string of the molecule is CNc1ccc2c(C(=Nc3ccc(CN4CCCCC4)cc3)c3ccccc3)c(O)[nH]c2c1. The standard InChI is InChI=1S/C28H30N4O/c1-29-23-14-15-24-25(18-23)31-28(33)26(24)27(21-8-4-2-5-9-21)30-22-12-10-20(11-13-22)19-32-16-6-3-7-17-32/h2,4-5,8-15,18,29,31,33H,3,6-7,16-17,19H2,1H3. The molecule has 3 N–H and O–H groups in total. The highest BCUT2D eigenvalue weighted by Crippen LogP contribution is 2.33. The van der Waals surface area contributed by atoms with Crippen LogP contribution in [0.5, 0.6) is 5.88 Å². The van der Waals surface area contributed by atoms with Crippen molar-refractivity contribution >= 4 is 28.0 Å². The highest BCUT2D eigenvalue weighted by atomic mass is 16.3. The second-order valence-corrected chi connectivity index (χ2v) is 8.69. The Balaban J connectivity index is 1.53. The summed E-state index contributed by atoms with van der Waals surface area (Å²) in [4.78, 5) is 10.7. The number of aromatic amines is 1. The monoisotopic (exact) mass is 438 g/mol. The minimum absolute atomic E-state index is 0.127. The van der Waals surface area contributed by atoms with Gasteiger partial charge in [-0.1, -0.05) is 48.9 Å². The van der Waals surface area contributed by atoms with Gasteiger partial charge in [-0.3, -0.25) is 4.90 Å². The van der Waals surface area contributed by atoms with Gasteiger partial charge in [0.05, 0.1) is 22.5 Å². The van der Waals surface area contributed by atoms with Crippen molar-refractivity contribution < 1.29 is 5.11 Å². The maximum absolute atomic E-state index is 10.9. The van der Waals surface area contributed by atoms with E-state index < -0.39 is 0 Å². The minimum Gasteiger partial charge on any atom is -0.494 e. The van der Waals surface area contributed by atoms with Crippen LogP contribution in [0.4, 0.5) is 11.4 Å². The molecule has 0 atom stereocenters. The average Bonchev–Trinajstić information content (AvgIpc) is 3.19. The normalized spacial score (nSPS) is 15.1. The van der Waals surface area contributed by atoms with E-state index >= 15 is 0 Å². The molecule has 0 amide bonds. The first-order valence-corrected chi connectivity index (χ1v) is 11.7. The van der Waals surface area contributed by atoms with E-state index in [4.69, 9.17) is 4.99 Å². The maximum atomic E-state index is 10.9. The molecular formula is C28H30N4O. The van der Waals surface area contributed by atoms with Gasteiger partial charge in [0.15, 0.2) is 5.88 Å². The number of H-pyrrole nitrogens is 1. The van der Waals surface area contributed by atoms with E-state index in [9.17, 15) is 5.11 Å². The second-order valence-electron chi connectivity index (χ2n) is 8.69. The fraction of sp³-hybridized carbons (Fsp3) is 0.250. The Morgan fingerprint density at radius 3 is 2.45 bits per heavy atom. The van der Waals surface area contributed by atoms with E-state index in [-0.39, 0.29) is 5.88 Å². The molecule has 33 heavy (non-hydrogen) atoms. The zero-order chi connectivity index (χ0) is 22.6. The fourth-order valence-electron chi connectivity index (χ4n) is 4.62. The van der Waals surface area contributed by atoms with Gasteiger partial charge in [0, 0.05) is 30.2 Å². The van der Waals surface area contributed by atoms with E-state index in [0.717, 1.165) is 45.7 Å². The first-order chi connectivity index (χ1) is 16.2. The lowest BCUT2D eigenvalue weighted by Crippen LogP contribution is -2.28. The largest absolute Gasteiger partial charge is 0.494 e. The Bertz CT molecular complexity index is 1250. The molecule has 0 unspecified atom stereocenters. The number of aliphatic imine (C=N–C) groups is 1. The number of rotatable bonds is 6. The third kappa shape index (κ3) is 4.64. The van der Waals surface area contributed by atoms with Crippen LogP contribution in [0.15, 0.2) is 77.8 Å². The first kappa shape index (κ1) is 21.3. The van der Waals surface area contributed by atoms with Crippen LogP contribution >= 0.6 is 0 Å². The minimum atomic E-state index is 0.127. The number of piperidine rings is 1. The van der Waals surface area contributed by atoms with Crippen molar-refractivity contribution in [3.63, 3.8) is 0 Å². The van der Waals surface area contributed by atoms with E-state index in [0.29, 0.717) is 0 Å². The Morgan fingerprint density at radius 1 is 0.970 bits per heavy atom. The summed E-state index contributed by atoms with van der Waals surface area (Å²) < 4.78 is 0. The number of nitrogens with zero attached hydrogens (tertiary/aromatic N) is 2. The molecule has 1 aliphatic rings. The Labute approximate surface area is 194 Å². The smallest absolute Gasteiger partial charge is 0.199 e. The lowest BCUT2D eigenvalue weighted by molar-refractivity contribution is 0.221. The molecule has 3 aromatic carbocycles. The molecule has 4 aromatic rings. The summed E-state index contributed by atoms with van der Waals surface area (Å²) in [5, 5.41) is 15.0. The number of benzene rings is 3. The zero-order valence-corrected chi connectivity index (χ0v) is 19.0. The molecular weight excluding hydrogens is 408 g/mol. The number of fused-ring (bicyclic) bond motifs is 1. The lowest BCUT2D eigenvalue weighted by Gasteiger charge is -2.26. The zero-order valence-electron chi connectivity index (χ0n) is 19.0. The van der Waals surface area contributed by atoms with Crippen molar-refractivity contribution in [3.05, 3.63) is 89.5 Å². The highest BCUT2D eigenvalue weighted by Gasteiger charge is 2.19. The van der Waals surface area contributed by atoms with Gasteiger partial charge in [-0.05, 0) is 61.8 Å². The molecule has 5 nitrogen and oxygen atoms in total. The maximum Gasteiger partial charge on any atom is 0.199 e. The van der Waals surface area contributed by atoms with Crippen molar-refractivity contribution in [2.45, 2.75) is 25.8 Å². The number of aromatic nitrogens is 1. The molecule has 5 rings (SSSR count). The number of aromatic hydroxyl groups is 1. The molecule has 2 heterocycles. The van der Waals surface area contributed by atoms with Crippen LogP contribution < -0.4 is 5.32 Å². The van der Waals surface area contributed by atoms with Crippen molar-refractivity contribution in [1.82, 2.24) is 9.88 Å². The highest BCUT2D eigenvalue weighted by molar-refractivity contribution is 6.22. The van der Waals surface area contributed by atoms with Crippen LogP contribution in [0.3, 0.4) is 0 Å². The van der Waals surface area contributed by atoms with Crippen LogP contribution in [-0.4, -0.2) is 40.8 Å². The number of hydrogen-bond acceptors (Lipinski definition) is 4. The molecule has 1 fully saturated rings. The average molecular weight is 439 g/mol. The summed E-state index contributed by atoms with van der Waals surface area (Å²) in [7, 11) is 1.89. The molecule has 5 heteroatoms. The van der Waals surface area contributed by atoms with E-state index in [1.165, 1.54) is 37.9 Å². The van der Waals surface area contributed by atoms with Gasteiger partial charge in [0.25, 0.3) is 0 Å². The van der Waals surface area contributed by atoms with E-state index in [1.807, 2.05) is 55.6 Å². The molecule has 1 aromatic heterocycles. The van der Waals surface area contributed by atoms with E-state index in [1.54, 1.807) is 0 Å². The lowest BCUT2D eigenvalue weighted by atomic mass is 10.0. The quantitative estimate of drug-likeness (QED) is 0.320. The Hall–Kier alpha value is -3.57. The predicted molar refractivity (Wildman–Crippen MR) is 137 cm³/mol. The van der Waals surface area contributed by atoms with Gasteiger partial charge in [0.2, 0.25) is 0 Å². The first-order valence-electron chi connectivity index (χ1n) is 11.7. The Kier molecular flexibility index (Phi) is 6.13. The molecule has 1 saturated heterocycles.